The van der Waals surface area contributed by atoms with Crippen molar-refractivity contribution >= 4 is 11.5 Å². The molecule has 108 valence electrons. The molecule has 3 rings (SSSR count). The monoisotopic (exact) mass is 279 g/mol. The maximum absolute atomic E-state index is 10.8. The van der Waals surface area contributed by atoms with Crippen LogP contribution in [0, 0.1) is 17.0 Å². The minimum atomic E-state index is -0.410. The summed E-state index contributed by atoms with van der Waals surface area (Å²) in [5, 5.41) is 10.8. The van der Waals surface area contributed by atoms with E-state index in [2.05, 4.69) is 9.88 Å². The van der Waals surface area contributed by atoms with Crippen LogP contribution in [0.15, 0.2) is 12.1 Å². The summed E-state index contributed by atoms with van der Waals surface area (Å²) in [6.07, 6.45) is 1.59. The summed E-state index contributed by atoms with van der Waals surface area (Å²) < 4.78 is 11.4. The van der Waals surface area contributed by atoms with Crippen molar-refractivity contribution in [1.29, 1.82) is 0 Å². The van der Waals surface area contributed by atoms with Crippen LogP contribution >= 0.6 is 0 Å². The number of ether oxygens (including phenoxy) is 2. The molecule has 0 radical (unpaired) electrons. The van der Waals surface area contributed by atoms with Gasteiger partial charge in [-0.3, -0.25) is 10.1 Å². The number of nitrogens with zero attached hydrogens (tertiary/aromatic N) is 3. The van der Waals surface area contributed by atoms with Crippen molar-refractivity contribution in [2.24, 2.45) is 0 Å². The summed E-state index contributed by atoms with van der Waals surface area (Å²) in [7, 11) is 0. The highest BCUT2D eigenvalue weighted by Gasteiger charge is 2.40. The van der Waals surface area contributed by atoms with Gasteiger partial charge < -0.3 is 14.4 Å². The van der Waals surface area contributed by atoms with Crippen LogP contribution in [-0.2, 0) is 9.47 Å². The number of aryl methyl sites for hydroxylation is 1. The molecule has 1 aromatic heterocycles. The van der Waals surface area contributed by atoms with Gasteiger partial charge in [0.25, 0.3) is 5.69 Å². The average Bonchev–Trinajstić information content (AvgIpc) is 2.87. The zero-order chi connectivity index (χ0) is 14.2. The molecule has 0 bridgehead atoms. The first-order valence-corrected chi connectivity index (χ1v) is 6.75. The summed E-state index contributed by atoms with van der Waals surface area (Å²) in [5.74, 6) is 0.368. The molecule has 20 heavy (non-hydrogen) atoms. The lowest BCUT2D eigenvalue weighted by Crippen LogP contribution is -2.45. The number of anilines is 1. The molecular formula is C13H17N3O4. The van der Waals surface area contributed by atoms with Crippen LogP contribution in [-0.4, -0.2) is 42.0 Å². The maximum Gasteiger partial charge on any atom is 0.290 e. The van der Waals surface area contributed by atoms with Crippen molar-refractivity contribution in [3.8, 4) is 0 Å². The average molecular weight is 279 g/mol. The van der Waals surface area contributed by atoms with E-state index in [4.69, 9.17) is 9.47 Å². The topological polar surface area (TPSA) is 77.7 Å². The zero-order valence-electron chi connectivity index (χ0n) is 11.4. The molecule has 1 aromatic rings. The van der Waals surface area contributed by atoms with E-state index in [0.717, 1.165) is 31.7 Å². The van der Waals surface area contributed by atoms with Crippen LogP contribution in [0.1, 0.15) is 18.5 Å². The molecule has 0 unspecified atom stereocenters. The summed E-state index contributed by atoms with van der Waals surface area (Å²) in [4.78, 5) is 16.8. The van der Waals surface area contributed by atoms with Gasteiger partial charge in [-0.2, -0.15) is 0 Å². The second-order valence-electron chi connectivity index (χ2n) is 5.13. The lowest BCUT2D eigenvalue weighted by Gasteiger charge is -2.38. The van der Waals surface area contributed by atoms with Crippen molar-refractivity contribution < 1.29 is 14.4 Å². The van der Waals surface area contributed by atoms with E-state index in [1.165, 1.54) is 6.07 Å². The lowest BCUT2D eigenvalue weighted by atomic mass is 10.0. The van der Waals surface area contributed by atoms with Gasteiger partial charge in [-0.1, -0.05) is 0 Å². The molecule has 0 aromatic carbocycles. The Kier molecular flexibility index (Phi) is 3.31. The van der Waals surface area contributed by atoms with Crippen LogP contribution in [0.5, 0.6) is 0 Å². The first kappa shape index (κ1) is 13.3. The third-order valence-electron chi connectivity index (χ3n) is 3.90. The van der Waals surface area contributed by atoms with Crippen LogP contribution in [0.3, 0.4) is 0 Å². The van der Waals surface area contributed by atoms with E-state index < -0.39 is 10.7 Å². The third kappa shape index (κ3) is 2.34. The van der Waals surface area contributed by atoms with Crippen LogP contribution in [0.4, 0.5) is 11.5 Å². The largest absolute Gasteiger partial charge is 0.356 e. The molecule has 2 aliphatic rings. The van der Waals surface area contributed by atoms with Gasteiger partial charge in [-0.25, -0.2) is 4.98 Å². The van der Waals surface area contributed by atoms with Crippen molar-refractivity contribution in [2.45, 2.75) is 25.6 Å². The number of hydrogen-bond donors (Lipinski definition) is 0. The number of pyridine rings is 1. The molecule has 7 nitrogen and oxygen atoms in total. The minimum Gasteiger partial charge on any atom is -0.356 e. The predicted molar refractivity (Wildman–Crippen MR) is 71.7 cm³/mol. The Morgan fingerprint density at radius 2 is 1.95 bits per heavy atom. The number of hydrogen-bond acceptors (Lipinski definition) is 6. The fraction of sp³-hybridized carbons (Fsp3) is 0.615. The van der Waals surface area contributed by atoms with Gasteiger partial charge in [0.2, 0.25) is 0 Å². The number of nitro groups is 1. The second-order valence-corrected chi connectivity index (χ2v) is 5.13. The van der Waals surface area contributed by atoms with Gasteiger partial charge in [0.05, 0.1) is 18.1 Å². The Bertz CT molecular complexity index is 518. The Morgan fingerprint density at radius 3 is 2.50 bits per heavy atom. The van der Waals surface area contributed by atoms with Gasteiger partial charge >= 0.3 is 0 Å². The second kappa shape index (κ2) is 4.99. The highest BCUT2D eigenvalue weighted by Crippen LogP contribution is 2.33. The van der Waals surface area contributed by atoms with Gasteiger partial charge in [-0.15, -0.1) is 0 Å². The fourth-order valence-corrected chi connectivity index (χ4v) is 2.77. The predicted octanol–water partition coefficient (Wildman–Crippen LogP) is 1.64. The normalized spacial score (nSPS) is 21.4. The number of aromatic nitrogens is 1. The Hall–Kier alpha value is -1.73. The maximum atomic E-state index is 10.8. The van der Waals surface area contributed by atoms with Gasteiger partial charge in [0.15, 0.2) is 5.79 Å². The lowest BCUT2D eigenvalue weighted by molar-refractivity contribution is -0.385. The van der Waals surface area contributed by atoms with E-state index >= 15 is 0 Å². The molecule has 2 aliphatic heterocycles. The van der Waals surface area contributed by atoms with Crippen molar-refractivity contribution in [1.82, 2.24) is 4.98 Å². The first-order valence-electron chi connectivity index (χ1n) is 6.75. The van der Waals surface area contributed by atoms with E-state index in [-0.39, 0.29) is 5.69 Å². The summed E-state index contributed by atoms with van der Waals surface area (Å²) in [5.41, 5.74) is 0.505. The quantitative estimate of drug-likeness (QED) is 0.605. The molecule has 0 amide bonds. The molecule has 7 heteroatoms. The van der Waals surface area contributed by atoms with E-state index in [9.17, 15) is 10.1 Å². The number of rotatable bonds is 2. The molecular weight excluding hydrogens is 262 g/mol. The molecule has 0 saturated carbocycles. The van der Waals surface area contributed by atoms with Gasteiger partial charge in [0, 0.05) is 32.0 Å². The standard InChI is InChI=1S/C13H17N3O4/c1-10-11(16(17)18)2-3-12(14-10)15-6-4-13(5-7-15)19-8-9-20-13/h2-3H,4-9H2,1H3. The first-order chi connectivity index (χ1) is 9.60. The van der Waals surface area contributed by atoms with Crippen LogP contribution < -0.4 is 4.90 Å². The summed E-state index contributed by atoms with van der Waals surface area (Å²) >= 11 is 0. The highest BCUT2D eigenvalue weighted by atomic mass is 16.7. The summed E-state index contributed by atoms with van der Waals surface area (Å²) in [6, 6.07) is 3.23. The molecule has 3 heterocycles. The fourth-order valence-electron chi connectivity index (χ4n) is 2.77. The molecule has 1 spiro atoms. The van der Waals surface area contributed by atoms with E-state index in [1.807, 2.05) is 0 Å². The molecule has 2 fully saturated rings. The van der Waals surface area contributed by atoms with E-state index in [0.29, 0.717) is 18.9 Å². The molecule has 0 N–H and O–H groups in total. The molecule has 0 atom stereocenters. The van der Waals surface area contributed by atoms with E-state index in [1.54, 1.807) is 13.0 Å². The number of piperidine rings is 1. The van der Waals surface area contributed by atoms with Gasteiger partial charge in [0.1, 0.15) is 11.5 Å². The minimum absolute atomic E-state index is 0.0599. The van der Waals surface area contributed by atoms with Crippen LogP contribution in [0.2, 0.25) is 0 Å². The Morgan fingerprint density at radius 1 is 1.30 bits per heavy atom. The van der Waals surface area contributed by atoms with Crippen LogP contribution in [0.25, 0.3) is 0 Å². The molecule has 0 aliphatic carbocycles. The van der Waals surface area contributed by atoms with Crippen molar-refractivity contribution in [2.75, 3.05) is 31.2 Å². The molecule has 2 saturated heterocycles. The Balaban J connectivity index is 1.72. The van der Waals surface area contributed by atoms with Crippen molar-refractivity contribution in [3.63, 3.8) is 0 Å². The van der Waals surface area contributed by atoms with Crippen molar-refractivity contribution in [3.05, 3.63) is 27.9 Å². The highest BCUT2D eigenvalue weighted by molar-refractivity contribution is 5.47. The SMILES string of the molecule is Cc1nc(N2CCC3(CC2)OCCO3)ccc1[N+](=O)[O-]. The van der Waals surface area contributed by atoms with Gasteiger partial charge in [-0.05, 0) is 13.0 Å². The smallest absolute Gasteiger partial charge is 0.290 e. The third-order valence-corrected chi connectivity index (χ3v) is 3.90. The zero-order valence-corrected chi connectivity index (χ0v) is 11.4. The summed E-state index contributed by atoms with van der Waals surface area (Å²) in [6.45, 7) is 4.55. The Labute approximate surface area is 116 Å².